The zero-order chi connectivity index (χ0) is 20.1. The van der Waals surface area contributed by atoms with E-state index in [0.717, 1.165) is 10.3 Å². The number of hydrogen-bond donors (Lipinski definition) is 1. The van der Waals surface area contributed by atoms with Crippen LogP contribution >= 0.6 is 15.9 Å². The average molecular weight is 448 g/mol. The number of hydrogen-bond acceptors (Lipinski definition) is 6. The fourth-order valence-electron chi connectivity index (χ4n) is 2.87. The molecule has 0 atom stereocenters. The lowest BCUT2D eigenvalue weighted by atomic mass is 10.2. The fourth-order valence-corrected chi connectivity index (χ4v) is 3.11. The Morgan fingerprint density at radius 2 is 1.93 bits per heavy atom. The minimum atomic E-state index is -0.568. The summed E-state index contributed by atoms with van der Waals surface area (Å²) >= 11 is 3.35. The Morgan fingerprint density at radius 1 is 1.18 bits per heavy atom. The minimum Gasteiger partial charge on any atom is -0.353 e. The number of nitro groups is 1. The lowest BCUT2D eigenvalue weighted by Crippen LogP contribution is -2.51. The van der Waals surface area contributed by atoms with Crippen LogP contribution in [0.5, 0.6) is 0 Å². The summed E-state index contributed by atoms with van der Waals surface area (Å²) in [5.74, 6) is 0.145. The SMILES string of the molecule is O=C(NCC(=O)N1CCN(c2ccc(Br)cn2)CC1)c1cccc([N+](=O)[O-])c1. The summed E-state index contributed by atoms with van der Waals surface area (Å²) in [6, 6.07) is 9.23. The number of nitrogens with zero attached hydrogens (tertiary/aromatic N) is 4. The number of carbonyl (C=O) groups is 2. The van der Waals surface area contributed by atoms with Gasteiger partial charge in [0, 0.05) is 54.5 Å². The zero-order valence-corrected chi connectivity index (χ0v) is 16.5. The van der Waals surface area contributed by atoms with E-state index in [0.29, 0.717) is 26.2 Å². The normalized spacial score (nSPS) is 13.9. The van der Waals surface area contributed by atoms with Crippen molar-refractivity contribution in [1.29, 1.82) is 0 Å². The molecule has 28 heavy (non-hydrogen) atoms. The molecule has 1 fully saturated rings. The van der Waals surface area contributed by atoms with Gasteiger partial charge in [0.05, 0.1) is 11.5 Å². The molecule has 0 aliphatic carbocycles. The summed E-state index contributed by atoms with van der Waals surface area (Å²) in [5.41, 5.74) is -0.0234. The molecule has 3 rings (SSSR count). The molecule has 2 aromatic rings. The number of anilines is 1. The van der Waals surface area contributed by atoms with Crippen molar-refractivity contribution >= 4 is 39.2 Å². The highest BCUT2D eigenvalue weighted by atomic mass is 79.9. The molecule has 0 bridgehead atoms. The quantitative estimate of drug-likeness (QED) is 0.553. The summed E-state index contributed by atoms with van der Waals surface area (Å²) in [4.78, 5) is 42.9. The van der Waals surface area contributed by atoms with Crippen molar-refractivity contribution in [2.24, 2.45) is 0 Å². The highest BCUT2D eigenvalue weighted by Gasteiger charge is 2.22. The molecule has 1 aromatic carbocycles. The molecule has 1 aromatic heterocycles. The first-order valence-corrected chi connectivity index (χ1v) is 9.40. The van der Waals surface area contributed by atoms with Gasteiger partial charge in [-0.3, -0.25) is 19.7 Å². The molecule has 1 saturated heterocycles. The summed E-state index contributed by atoms with van der Waals surface area (Å²) in [6.45, 7) is 2.21. The molecule has 0 saturated carbocycles. The van der Waals surface area contributed by atoms with Crippen LogP contribution in [-0.4, -0.2) is 59.3 Å². The van der Waals surface area contributed by atoms with E-state index in [4.69, 9.17) is 0 Å². The topological polar surface area (TPSA) is 109 Å². The lowest BCUT2D eigenvalue weighted by molar-refractivity contribution is -0.384. The average Bonchev–Trinajstić information content (AvgIpc) is 2.72. The Bertz CT molecular complexity index is 882. The molecule has 1 aliphatic heterocycles. The van der Waals surface area contributed by atoms with Crippen LogP contribution in [0.25, 0.3) is 0 Å². The molecule has 9 nitrogen and oxygen atoms in total. The van der Waals surface area contributed by atoms with E-state index in [1.54, 1.807) is 11.1 Å². The van der Waals surface area contributed by atoms with Crippen molar-refractivity contribution < 1.29 is 14.5 Å². The van der Waals surface area contributed by atoms with Gasteiger partial charge in [-0.2, -0.15) is 0 Å². The van der Waals surface area contributed by atoms with Gasteiger partial charge in [0.25, 0.3) is 11.6 Å². The third-order valence-corrected chi connectivity index (χ3v) is 4.86. The molecule has 2 heterocycles. The molecule has 10 heteroatoms. The van der Waals surface area contributed by atoms with Crippen molar-refractivity contribution in [3.05, 3.63) is 62.7 Å². The molecule has 0 unspecified atom stereocenters. The van der Waals surface area contributed by atoms with E-state index in [-0.39, 0.29) is 23.7 Å². The number of rotatable bonds is 5. The molecule has 2 amide bonds. The molecule has 1 N–H and O–H groups in total. The van der Waals surface area contributed by atoms with E-state index in [1.165, 1.54) is 24.3 Å². The second-order valence-electron chi connectivity index (χ2n) is 6.19. The first-order valence-electron chi connectivity index (χ1n) is 8.61. The van der Waals surface area contributed by atoms with Crippen molar-refractivity contribution in [3.63, 3.8) is 0 Å². The standard InChI is InChI=1S/C18H18BrN5O4/c19-14-4-5-16(20-11-14)22-6-8-23(9-7-22)17(25)12-21-18(26)13-2-1-3-15(10-13)24(27)28/h1-5,10-11H,6-9,12H2,(H,21,26). The Kier molecular flexibility index (Phi) is 6.19. The number of carbonyl (C=O) groups excluding carboxylic acids is 2. The highest BCUT2D eigenvalue weighted by Crippen LogP contribution is 2.16. The van der Waals surface area contributed by atoms with Gasteiger partial charge in [-0.05, 0) is 34.1 Å². The van der Waals surface area contributed by atoms with Gasteiger partial charge in [0.2, 0.25) is 5.91 Å². The van der Waals surface area contributed by atoms with E-state index in [9.17, 15) is 19.7 Å². The second-order valence-corrected chi connectivity index (χ2v) is 7.11. The maximum absolute atomic E-state index is 12.4. The lowest BCUT2D eigenvalue weighted by Gasteiger charge is -2.35. The Morgan fingerprint density at radius 3 is 2.57 bits per heavy atom. The van der Waals surface area contributed by atoms with Gasteiger partial charge >= 0.3 is 0 Å². The Hall–Kier alpha value is -3.01. The van der Waals surface area contributed by atoms with Crippen molar-refractivity contribution in [2.75, 3.05) is 37.6 Å². The number of nitrogens with one attached hydrogen (secondary N) is 1. The maximum atomic E-state index is 12.4. The Labute approximate surface area is 169 Å². The van der Waals surface area contributed by atoms with Crippen LogP contribution in [0.1, 0.15) is 10.4 Å². The summed E-state index contributed by atoms with van der Waals surface area (Å²) in [5, 5.41) is 13.3. The van der Waals surface area contributed by atoms with Gasteiger partial charge in [0.15, 0.2) is 0 Å². The first kappa shape index (κ1) is 19.7. The van der Waals surface area contributed by atoms with Crippen LogP contribution in [0.3, 0.4) is 0 Å². The van der Waals surface area contributed by atoms with Crippen LogP contribution in [0.4, 0.5) is 11.5 Å². The van der Waals surface area contributed by atoms with E-state index in [1.807, 2.05) is 12.1 Å². The number of nitro benzene ring substituents is 1. The molecular formula is C18H18BrN5O4. The minimum absolute atomic E-state index is 0.146. The summed E-state index contributed by atoms with van der Waals surface area (Å²) < 4.78 is 0.907. The van der Waals surface area contributed by atoms with Crippen LogP contribution in [0.2, 0.25) is 0 Å². The fraction of sp³-hybridized carbons (Fsp3) is 0.278. The predicted octanol–water partition coefficient (Wildman–Crippen LogP) is 1.83. The highest BCUT2D eigenvalue weighted by molar-refractivity contribution is 9.10. The van der Waals surface area contributed by atoms with E-state index >= 15 is 0 Å². The smallest absolute Gasteiger partial charge is 0.270 e. The van der Waals surface area contributed by atoms with Gasteiger partial charge in [-0.15, -0.1) is 0 Å². The van der Waals surface area contributed by atoms with E-state index < -0.39 is 10.8 Å². The molecular weight excluding hydrogens is 430 g/mol. The molecule has 1 aliphatic rings. The van der Waals surface area contributed by atoms with Gasteiger partial charge < -0.3 is 15.1 Å². The number of piperazine rings is 1. The molecule has 0 radical (unpaired) electrons. The van der Waals surface area contributed by atoms with Gasteiger partial charge in [-0.25, -0.2) is 4.98 Å². The monoisotopic (exact) mass is 447 g/mol. The van der Waals surface area contributed by atoms with Crippen molar-refractivity contribution in [2.45, 2.75) is 0 Å². The number of aromatic nitrogens is 1. The van der Waals surface area contributed by atoms with Crippen LogP contribution < -0.4 is 10.2 Å². The van der Waals surface area contributed by atoms with Gasteiger partial charge in [-0.1, -0.05) is 6.07 Å². The Balaban J connectivity index is 1.49. The van der Waals surface area contributed by atoms with Crippen LogP contribution in [0.15, 0.2) is 47.1 Å². The zero-order valence-electron chi connectivity index (χ0n) is 14.9. The molecule has 0 spiro atoms. The maximum Gasteiger partial charge on any atom is 0.270 e. The second kappa shape index (κ2) is 8.79. The van der Waals surface area contributed by atoms with Gasteiger partial charge in [0.1, 0.15) is 5.82 Å². The van der Waals surface area contributed by atoms with Crippen molar-refractivity contribution in [3.8, 4) is 0 Å². The largest absolute Gasteiger partial charge is 0.353 e. The van der Waals surface area contributed by atoms with Crippen LogP contribution in [0, 0.1) is 10.1 Å². The number of halogens is 1. The predicted molar refractivity (Wildman–Crippen MR) is 106 cm³/mol. The van der Waals surface area contributed by atoms with Crippen molar-refractivity contribution in [1.82, 2.24) is 15.2 Å². The first-order chi connectivity index (χ1) is 13.4. The third kappa shape index (κ3) is 4.83. The van der Waals surface area contributed by atoms with Crippen LogP contribution in [-0.2, 0) is 4.79 Å². The summed E-state index contributed by atoms with van der Waals surface area (Å²) in [7, 11) is 0. The number of amides is 2. The third-order valence-electron chi connectivity index (χ3n) is 4.39. The number of pyridine rings is 1. The number of non-ortho nitro benzene ring substituents is 1. The summed E-state index contributed by atoms with van der Waals surface area (Å²) in [6.07, 6.45) is 1.73. The number of benzene rings is 1. The molecule has 146 valence electrons. The van der Waals surface area contributed by atoms with E-state index in [2.05, 4.69) is 31.1 Å².